The summed E-state index contributed by atoms with van der Waals surface area (Å²) in [4.78, 5) is 43.1. The number of phenols is 1. The van der Waals surface area contributed by atoms with Crippen molar-refractivity contribution < 1.29 is 43.6 Å². The van der Waals surface area contributed by atoms with Crippen molar-refractivity contribution >= 4 is 17.5 Å². The molecule has 0 spiro atoms. The number of aliphatic hydroxyl groups excluding tert-OH is 2. The van der Waals surface area contributed by atoms with Crippen LogP contribution in [0.15, 0.2) is 59.1 Å². The van der Waals surface area contributed by atoms with Gasteiger partial charge in [0.05, 0.1) is 11.6 Å². The van der Waals surface area contributed by atoms with Gasteiger partial charge in [-0.2, -0.15) is 0 Å². The molecule has 4 aliphatic rings. The Kier molecular flexibility index (Phi) is 7.37. The molecule has 0 aromatic heterocycles. The fraction of sp³-hybridized carbons (Fsp3) is 0.424. The highest BCUT2D eigenvalue weighted by Gasteiger charge is 2.63. The molecule has 2 aromatic carbocycles. The van der Waals surface area contributed by atoms with E-state index < -0.39 is 64.0 Å². The minimum atomic E-state index is -2.70. The predicted molar refractivity (Wildman–Crippen MR) is 159 cm³/mol. The van der Waals surface area contributed by atoms with Gasteiger partial charge in [-0.05, 0) is 61.2 Å². The lowest BCUT2D eigenvalue weighted by Crippen LogP contribution is -2.63. The predicted octanol–water partition coefficient (Wildman–Crippen LogP) is 3.02. The molecule has 6 N–H and O–H groups in total. The van der Waals surface area contributed by atoms with Crippen LogP contribution in [0.4, 0.5) is 8.78 Å². The molecule has 1 heterocycles. The number of nitrogens with two attached hydrogens (primary N) is 1. The van der Waals surface area contributed by atoms with Gasteiger partial charge in [-0.25, -0.2) is 8.78 Å². The number of rotatable bonds is 5. The number of benzene rings is 2. The third-order valence-electron chi connectivity index (χ3n) is 9.86. The van der Waals surface area contributed by atoms with E-state index in [0.29, 0.717) is 30.8 Å². The lowest BCUT2D eigenvalue weighted by Gasteiger charge is -2.50. The van der Waals surface area contributed by atoms with E-state index in [-0.39, 0.29) is 42.6 Å². The topological polar surface area (TPSA) is 165 Å². The number of phenolic OH excluding ortho intramolecular Hbond substituents is 1. The first kappa shape index (κ1) is 30.9. The zero-order chi connectivity index (χ0) is 32.6. The second kappa shape index (κ2) is 10.7. The summed E-state index contributed by atoms with van der Waals surface area (Å²) in [5.41, 5.74) is 4.44. The molecule has 238 valence electrons. The summed E-state index contributed by atoms with van der Waals surface area (Å²) in [7, 11) is 3.15. The van der Waals surface area contributed by atoms with Gasteiger partial charge in [-0.3, -0.25) is 24.2 Å². The number of aliphatic hydroxyl groups is 3. The highest BCUT2D eigenvalue weighted by atomic mass is 19.3. The lowest BCUT2D eigenvalue weighted by molar-refractivity contribution is -0.148. The van der Waals surface area contributed by atoms with Gasteiger partial charge in [0.2, 0.25) is 5.78 Å². The molecule has 0 unspecified atom stereocenters. The number of nitrogens with zero attached hydrogens (tertiary/aromatic N) is 2. The smallest absolute Gasteiger partial charge is 0.255 e. The van der Waals surface area contributed by atoms with Crippen LogP contribution >= 0.6 is 0 Å². The lowest BCUT2D eigenvalue weighted by atomic mass is 9.58. The molecule has 1 amide bonds. The van der Waals surface area contributed by atoms with Crippen LogP contribution in [0, 0.1) is 11.8 Å². The number of alkyl halides is 2. The zero-order valence-corrected chi connectivity index (χ0v) is 24.9. The number of halogens is 2. The Bertz CT molecular complexity index is 1670. The van der Waals surface area contributed by atoms with Gasteiger partial charge in [-0.1, -0.05) is 30.3 Å². The van der Waals surface area contributed by atoms with E-state index in [1.807, 2.05) is 29.2 Å². The van der Waals surface area contributed by atoms with Crippen molar-refractivity contribution in [2.75, 3.05) is 27.2 Å². The van der Waals surface area contributed by atoms with E-state index in [9.17, 15) is 43.6 Å². The molecule has 4 atom stereocenters. The van der Waals surface area contributed by atoms with Crippen molar-refractivity contribution in [3.05, 3.63) is 75.8 Å². The van der Waals surface area contributed by atoms with E-state index >= 15 is 0 Å². The summed E-state index contributed by atoms with van der Waals surface area (Å²) >= 11 is 0. The largest absolute Gasteiger partial charge is 0.510 e. The number of hydrogen-bond acceptors (Lipinski definition) is 9. The summed E-state index contributed by atoms with van der Waals surface area (Å²) in [6.45, 7) is 1.13. The third kappa shape index (κ3) is 4.82. The number of ketones is 2. The number of primary amides is 1. The highest BCUT2D eigenvalue weighted by Crippen LogP contribution is 2.53. The Balaban J connectivity index is 1.37. The number of fused-ring (bicyclic) bond motifs is 3. The number of carbonyl (C=O) groups excluding carboxylic acids is 3. The molecule has 1 aliphatic heterocycles. The van der Waals surface area contributed by atoms with Crippen LogP contribution in [-0.2, 0) is 22.6 Å². The fourth-order valence-electron chi connectivity index (χ4n) is 7.61. The minimum Gasteiger partial charge on any atom is -0.510 e. The molecule has 0 saturated carbocycles. The second-order valence-corrected chi connectivity index (χ2v) is 12.8. The summed E-state index contributed by atoms with van der Waals surface area (Å²) < 4.78 is 27.1. The monoisotopic (exact) mass is 623 g/mol. The van der Waals surface area contributed by atoms with Crippen LogP contribution in [0.25, 0.3) is 11.1 Å². The van der Waals surface area contributed by atoms with E-state index in [1.165, 1.54) is 11.0 Å². The fourth-order valence-corrected chi connectivity index (χ4v) is 7.61. The Morgan fingerprint density at radius 3 is 2.29 bits per heavy atom. The highest BCUT2D eigenvalue weighted by molar-refractivity contribution is 6.24. The van der Waals surface area contributed by atoms with Crippen molar-refractivity contribution in [3.8, 4) is 16.9 Å². The van der Waals surface area contributed by atoms with Crippen LogP contribution < -0.4 is 5.73 Å². The standard InChI is InChI=1S/C33H35F2N3O7/c1-37(2)26-21-14-18-13-20-19(17-5-3-16(4-6-17)15-38-11-9-32(34,35)10-12-38)7-8-22(39)24(20)27(40)23(18)29(42)33(21,45)30(43)25(28(26)41)31(36)44/h3-8,18,21,26,39,41-42,45H,9-15H2,1-2H3,(H2,36,44)/t18-,21-,26-,33-/m0/s1. The van der Waals surface area contributed by atoms with Crippen molar-refractivity contribution in [1.29, 1.82) is 0 Å². The van der Waals surface area contributed by atoms with Crippen LogP contribution in [0.3, 0.4) is 0 Å². The van der Waals surface area contributed by atoms with E-state index in [2.05, 4.69) is 0 Å². The first-order valence-corrected chi connectivity index (χ1v) is 14.8. The summed E-state index contributed by atoms with van der Waals surface area (Å²) in [6.07, 6.45) is -0.178. The molecule has 6 rings (SSSR count). The Morgan fingerprint density at radius 2 is 1.69 bits per heavy atom. The van der Waals surface area contributed by atoms with Crippen molar-refractivity contribution in [2.24, 2.45) is 17.6 Å². The van der Waals surface area contributed by atoms with E-state index in [4.69, 9.17) is 5.73 Å². The molecule has 10 nitrogen and oxygen atoms in total. The minimum absolute atomic E-state index is 0.00528. The number of hydrogen-bond donors (Lipinski definition) is 5. The van der Waals surface area contributed by atoms with Gasteiger partial charge < -0.3 is 26.2 Å². The summed E-state index contributed by atoms with van der Waals surface area (Å²) in [5.74, 6) is -9.60. The Morgan fingerprint density at radius 1 is 1.04 bits per heavy atom. The maximum absolute atomic E-state index is 14.0. The average Bonchev–Trinajstić information content (AvgIpc) is 2.96. The van der Waals surface area contributed by atoms with Crippen molar-refractivity contribution in [3.63, 3.8) is 0 Å². The second-order valence-electron chi connectivity index (χ2n) is 12.8. The maximum atomic E-state index is 14.0. The number of aromatic hydroxyl groups is 1. The molecule has 45 heavy (non-hydrogen) atoms. The number of amides is 1. The van der Waals surface area contributed by atoms with Gasteiger partial charge in [0.1, 0.15) is 22.8 Å². The SMILES string of the molecule is CN(C)[C@@H]1C(O)=C(C(N)=O)C(=O)[C@@]2(O)C(O)=C3C(=O)c4c(O)ccc(-c5ccc(CN6CCC(F)(F)CC6)cc5)c4C[C@H]3C[C@@H]12. The van der Waals surface area contributed by atoms with Gasteiger partial charge >= 0.3 is 0 Å². The van der Waals surface area contributed by atoms with Crippen LogP contribution in [-0.4, -0.2) is 92.4 Å². The van der Waals surface area contributed by atoms with Crippen molar-refractivity contribution in [2.45, 2.75) is 49.8 Å². The quantitative estimate of drug-likeness (QED) is 0.315. The number of carbonyl (C=O) groups is 3. The summed E-state index contributed by atoms with van der Waals surface area (Å²) in [6, 6.07) is 9.50. The normalized spacial score (nSPS) is 28.2. The zero-order valence-electron chi connectivity index (χ0n) is 24.9. The maximum Gasteiger partial charge on any atom is 0.255 e. The number of allylic oxidation sites excluding steroid dienone is 1. The molecule has 0 radical (unpaired) electrons. The first-order valence-electron chi connectivity index (χ1n) is 14.8. The molecule has 3 aliphatic carbocycles. The molecule has 1 saturated heterocycles. The molecule has 2 aromatic rings. The van der Waals surface area contributed by atoms with Crippen LogP contribution in [0.5, 0.6) is 5.75 Å². The van der Waals surface area contributed by atoms with Gasteiger partial charge in [0, 0.05) is 44.0 Å². The van der Waals surface area contributed by atoms with Crippen LogP contribution in [0.2, 0.25) is 0 Å². The third-order valence-corrected chi connectivity index (χ3v) is 9.86. The number of likely N-dealkylation sites (N-methyl/N-ethyl adjacent to an activating group) is 1. The van der Waals surface area contributed by atoms with Gasteiger partial charge in [0.15, 0.2) is 11.4 Å². The molecule has 0 bridgehead atoms. The number of likely N-dealkylation sites (tertiary alicyclic amines) is 1. The summed E-state index contributed by atoms with van der Waals surface area (Å²) in [5, 5.41) is 45.0. The van der Waals surface area contributed by atoms with Crippen molar-refractivity contribution in [1.82, 2.24) is 9.80 Å². The molecule has 12 heteroatoms. The Hall–Kier alpha value is -4.13. The number of Topliss-reactive ketones (excluding diaryl/α,β-unsaturated/α-hetero) is 2. The molecular formula is C33H35F2N3O7. The van der Waals surface area contributed by atoms with Gasteiger partial charge in [0.25, 0.3) is 11.8 Å². The average molecular weight is 624 g/mol. The van der Waals surface area contributed by atoms with E-state index in [1.54, 1.807) is 20.2 Å². The van der Waals surface area contributed by atoms with Crippen LogP contribution in [0.1, 0.15) is 40.7 Å². The first-order chi connectivity index (χ1) is 21.2. The van der Waals surface area contributed by atoms with Gasteiger partial charge in [-0.15, -0.1) is 0 Å². The Labute approximate surface area is 258 Å². The molecular weight excluding hydrogens is 588 g/mol. The van der Waals surface area contributed by atoms with E-state index in [0.717, 1.165) is 11.1 Å². The molecule has 1 fully saturated rings. The number of piperidine rings is 1.